The van der Waals surface area contributed by atoms with E-state index in [0.717, 1.165) is 29.9 Å². The SMILES string of the molecule is Cc1nn(C)cc1C(=O)N1CCC(c2ccc(Nc3ccc(F)cn3)cn2)CC1. The lowest BCUT2D eigenvalue weighted by molar-refractivity contribution is 0.0711. The van der Waals surface area contributed by atoms with Crippen LogP contribution in [0.3, 0.4) is 0 Å². The number of aryl methyl sites for hydroxylation is 2. The lowest BCUT2D eigenvalue weighted by Gasteiger charge is -2.31. The third-order valence-corrected chi connectivity index (χ3v) is 5.23. The number of likely N-dealkylation sites (tertiary alicyclic amines) is 1. The zero-order chi connectivity index (χ0) is 20.4. The molecule has 1 aliphatic heterocycles. The van der Waals surface area contributed by atoms with Crippen LogP contribution < -0.4 is 5.32 Å². The highest BCUT2D eigenvalue weighted by Crippen LogP contribution is 2.28. The maximum Gasteiger partial charge on any atom is 0.257 e. The molecule has 0 unspecified atom stereocenters. The molecule has 7 nitrogen and oxygen atoms in total. The molecule has 3 aromatic heterocycles. The second-order valence-corrected chi connectivity index (χ2v) is 7.33. The summed E-state index contributed by atoms with van der Waals surface area (Å²) >= 11 is 0. The van der Waals surface area contributed by atoms with E-state index in [2.05, 4.69) is 20.4 Å². The Labute approximate surface area is 168 Å². The van der Waals surface area contributed by atoms with Gasteiger partial charge in [-0.3, -0.25) is 14.5 Å². The van der Waals surface area contributed by atoms with Crippen molar-refractivity contribution in [1.29, 1.82) is 0 Å². The molecule has 4 rings (SSSR count). The molecule has 3 aromatic rings. The van der Waals surface area contributed by atoms with Gasteiger partial charge in [0.05, 0.1) is 29.3 Å². The Balaban J connectivity index is 1.35. The van der Waals surface area contributed by atoms with Crippen LogP contribution in [0.25, 0.3) is 0 Å². The molecule has 1 fully saturated rings. The summed E-state index contributed by atoms with van der Waals surface area (Å²) in [5, 5.41) is 7.37. The molecule has 1 aliphatic rings. The van der Waals surface area contributed by atoms with Crippen LogP contribution in [0, 0.1) is 12.7 Å². The molecule has 0 spiro atoms. The highest BCUT2D eigenvalue weighted by molar-refractivity contribution is 5.95. The first-order valence-corrected chi connectivity index (χ1v) is 9.63. The van der Waals surface area contributed by atoms with E-state index in [0.29, 0.717) is 30.4 Å². The van der Waals surface area contributed by atoms with Crippen molar-refractivity contribution in [2.45, 2.75) is 25.7 Å². The van der Waals surface area contributed by atoms with Crippen molar-refractivity contribution in [2.75, 3.05) is 18.4 Å². The Morgan fingerprint density at radius 1 is 1.14 bits per heavy atom. The van der Waals surface area contributed by atoms with Gasteiger partial charge in [-0.05, 0) is 44.0 Å². The standard InChI is InChI=1S/C21H23FN6O/c1-14-18(13-27(2)26-14)21(29)28-9-7-15(8-10-28)19-5-4-17(12-23-19)25-20-6-3-16(22)11-24-20/h3-6,11-13,15H,7-10H2,1-2H3,(H,24,25). The monoisotopic (exact) mass is 394 g/mol. The Morgan fingerprint density at radius 2 is 1.93 bits per heavy atom. The highest BCUT2D eigenvalue weighted by atomic mass is 19.1. The first kappa shape index (κ1) is 19.0. The molecule has 0 aliphatic carbocycles. The van der Waals surface area contributed by atoms with Gasteiger partial charge < -0.3 is 10.2 Å². The Kier molecular flexibility index (Phi) is 5.24. The van der Waals surface area contributed by atoms with Crippen LogP contribution in [0.1, 0.15) is 40.5 Å². The smallest absolute Gasteiger partial charge is 0.257 e. The molecule has 8 heteroatoms. The number of amides is 1. The maximum absolute atomic E-state index is 12.9. The minimum atomic E-state index is -0.368. The van der Waals surface area contributed by atoms with Gasteiger partial charge in [0.1, 0.15) is 11.6 Å². The van der Waals surface area contributed by atoms with Gasteiger partial charge in [-0.2, -0.15) is 5.10 Å². The van der Waals surface area contributed by atoms with Gasteiger partial charge in [-0.25, -0.2) is 9.37 Å². The quantitative estimate of drug-likeness (QED) is 0.734. The summed E-state index contributed by atoms with van der Waals surface area (Å²) in [6, 6.07) is 6.89. The summed E-state index contributed by atoms with van der Waals surface area (Å²) in [4.78, 5) is 23.2. The molecule has 0 atom stereocenters. The van der Waals surface area contributed by atoms with Crippen molar-refractivity contribution in [1.82, 2.24) is 24.6 Å². The van der Waals surface area contributed by atoms with Gasteiger partial charge in [0.15, 0.2) is 0 Å². The first-order chi connectivity index (χ1) is 14.0. The van der Waals surface area contributed by atoms with Crippen LogP contribution in [0.5, 0.6) is 0 Å². The topological polar surface area (TPSA) is 75.9 Å². The number of nitrogens with one attached hydrogen (secondary N) is 1. The number of halogens is 1. The van der Waals surface area contributed by atoms with Gasteiger partial charge in [0.2, 0.25) is 0 Å². The van der Waals surface area contributed by atoms with Gasteiger partial charge in [0.25, 0.3) is 5.91 Å². The second-order valence-electron chi connectivity index (χ2n) is 7.33. The summed E-state index contributed by atoms with van der Waals surface area (Å²) in [5.74, 6) is 0.575. The lowest BCUT2D eigenvalue weighted by Crippen LogP contribution is -2.38. The van der Waals surface area contributed by atoms with Gasteiger partial charge in [-0.1, -0.05) is 0 Å². The van der Waals surface area contributed by atoms with E-state index in [-0.39, 0.29) is 11.7 Å². The average molecular weight is 394 g/mol. The molecule has 1 saturated heterocycles. The Hall–Kier alpha value is -3.29. The van der Waals surface area contributed by atoms with E-state index in [4.69, 9.17) is 0 Å². The second kappa shape index (κ2) is 7.98. The van der Waals surface area contributed by atoms with Crippen LogP contribution in [0.15, 0.2) is 42.9 Å². The molecule has 1 N–H and O–H groups in total. The molecule has 0 aromatic carbocycles. The minimum absolute atomic E-state index is 0.0494. The number of nitrogens with zero attached hydrogens (tertiary/aromatic N) is 5. The molecule has 0 saturated carbocycles. The van der Waals surface area contributed by atoms with Gasteiger partial charge in [0, 0.05) is 37.9 Å². The maximum atomic E-state index is 12.9. The van der Waals surface area contributed by atoms with Crippen LogP contribution in [-0.4, -0.2) is 43.6 Å². The third-order valence-electron chi connectivity index (χ3n) is 5.23. The summed E-state index contributed by atoms with van der Waals surface area (Å²) in [5.41, 5.74) is 3.26. The van der Waals surface area contributed by atoms with Gasteiger partial charge in [-0.15, -0.1) is 0 Å². The number of rotatable bonds is 4. The number of carbonyl (C=O) groups is 1. The van der Waals surface area contributed by atoms with Crippen LogP contribution in [0.2, 0.25) is 0 Å². The van der Waals surface area contributed by atoms with E-state index in [9.17, 15) is 9.18 Å². The van der Waals surface area contributed by atoms with Crippen molar-refractivity contribution in [3.8, 4) is 0 Å². The van der Waals surface area contributed by atoms with E-state index >= 15 is 0 Å². The minimum Gasteiger partial charge on any atom is -0.339 e. The van der Waals surface area contributed by atoms with Crippen molar-refractivity contribution in [3.63, 3.8) is 0 Å². The Bertz CT molecular complexity index is 991. The van der Waals surface area contributed by atoms with Crippen LogP contribution in [-0.2, 0) is 7.05 Å². The van der Waals surface area contributed by atoms with Crippen molar-refractivity contribution in [3.05, 3.63) is 65.6 Å². The van der Waals surface area contributed by atoms with Crippen LogP contribution >= 0.6 is 0 Å². The normalized spacial score (nSPS) is 14.8. The molecule has 0 bridgehead atoms. The number of hydrogen-bond acceptors (Lipinski definition) is 5. The summed E-state index contributed by atoms with van der Waals surface area (Å²) < 4.78 is 14.6. The van der Waals surface area contributed by atoms with Gasteiger partial charge >= 0.3 is 0 Å². The highest BCUT2D eigenvalue weighted by Gasteiger charge is 2.26. The molecule has 0 radical (unpaired) electrons. The molecule has 1 amide bonds. The predicted octanol–water partition coefficient (Wildman–Crippen LogP) is 3.42. The van der Waals surface area contributed by atoms with Crippen molar-refractivity contribution >= 4 is 17.4 Å². The zero-order valence-electron chi connectivity index (χ0n) is 16.5. The number of hydrogen-bond donors (Lipinski definition) is 1. The number of pyridine rings is 2. The zero-order valence-corrected chi connectivity index (χ0v) is 16.5. The van der Waals surface area contributed by atoms with E-state index in [1.54, 1.807) is 23.1 Å². The summed E-state index contributed by atoms with van der Waals surface area (Å²) in [6.45, 7) is 3.28. The fourth-order valence-electron chi connectivity index (χ4n) is 3.68. The average Bonchev–Trinajstić information content (AvgIpc) is 3.08. The summed E-state index contributed by atoms with van der Waals surface area (Å²) in [6.07, 6.45) is 6.48. The molecule has 29 heavy (non-hydrogen) atoms. The third kappa shape index (κ3) is 4.26. The number of piperidine rings is 1. The predicted molar refractivity (Wildman–Crippen MR) is 108 cm³/mol. The molecule has 150 valence electrons. The van der Waals surface area contributed by atoms with E-state index in [1.807, 2.05) is 31.0 Å². The van der Waals surface area contributed by atoms with Crippen molar-refractivity contribution < 1.29 is 9.18 Å². The fourth-order valence-corrected chi connectivity index (χ4v) is 3.68. The number of carbonyl (C=O) groups excluding carboxylic acids is 1. The van der Waals surface area contributed by atoms with E-state index in [1.165, 1.54) is 12.3 Å². The molecular formula is C21H23FN6O. The largest absolute Gasteiger partial charge is 0.339 e. The molecular weight excluding hydrogens is 371 g/mol. The first-order valence-electron chi connectivity index (χ1n) is 9.63. The Morgan fingerprint density at radius 3 is 2.52 bits per heavy atom. The van der Waals surface area contributed by atoms with Crippen molar-refractivity contribution in [2.24, 2.45) is 7.05 Å². The molecule has 4 heterocycles. The fraction of sp³-hybridized carbons (Fsp3) is 0.333. The lowest BCUT2D eigenvalue weighted by atomic mass is 9.92. The number of aromatic nitrogens is 4. The van der Waals surface area contributed by atoms with E-state index < -0.39 is 0 Å². The number of anilines is 2. The van der Waals surface area contributed by atoms with Crippen LogP contribution in [0.4, 0.5) is 15.9 Å². The summed E-state index contributed by atoms with van der Waals surface area (Å²) in [7, 11) is 1.83.